The van der Waals surface area contributed by atoms with Gasteiger partial charge in [0.15, 0.2) is 0 Å². The van der Waals surface area contributed by atoms with Crippen LogP contribution in [0.1, 0.15) is 6.92 Å². The van der Waals surface area contributed by atoms with E-state index in [0.29, 0.717) is 4.90 Å². The summed E-state index contributed by atoms with van der Waals surface area (Å²) in [6.07, 6.45) is 1.14. The fraction of sp³-hybridized carbons (Fsp3) is 0.286. The number of rotatable bonds is 1. The Morgan fingerprint density at radius 3 is 2.33 bits per heavy atom. The molecular formula is C7H7NO4. The van der Waals surface area contributed by atoms with Crippen molar-refractivity contribution in [1.82, 2.24) is 4.90 Å². The lowest BCUT2D eigenvalue weighted by molar-refractivity contribution is -0.134. The van der Waals surface area contributed by atoms with Gasteiger partial charge >= 0.3 is 6.09 Å². The molecule has 0 saturated heterocycles. The zero-order chi connectivity index (χ0) is 9.14. The van der Waals surface area contributed by atoms with E-state index in [9.17, 15) is 14.4 Å². The van der Waals surface area contributed by atoms with E-state index in [2.05, 4.69) is 4.74 Å². The minimum Gasteiger partial charge on any atom is -0.449 e. The second kappa shape index (κ2) is 3.17. The van der Waals surface area contributed by atoms with E-state index in [1.54, 1.807) is 6.92 Å². The minimum absolute atomic E-state index is 0.135. The lowest BCUT2D eigenvalue weighted by Crippen LogP contribution is -2.36. The molecule has 1 aliphatic heterocycles. The van der Waals surface area contributed by atoms with Crippen LogP contribution in [0, 0.1) is 0 Å². The summed E-state index contributed by atoms with van der Waals surface area (Å²) < 4.78 is 4.47. The molecule has 64 valence electrons. The van der Waals surface area contributed by atoms with E-state index >= 15 is 0 Å². The number of imide groups is 3. The summed E-state index contributed by atoms with van der Waals surface area (Å²) in [5, 5.41) is 0. The topological polar surface area (TPSA) is 63.7 Å². The Morgan fingerprint density at radius 2 is 1.92 bits per heavy atom. The van der Waals surface area contributed by atoms with Crippen LogP contribution in [0.15, 0.2) is 12.2 Å². The predicted octanol–water partition coefficient (Wildman–Crippen LogP) is 0.0679. The van der Waals surface area contributed by atoms with E-state index < -0.39 is 17.9 Å². The van der Waals surface area contributed by atoms with Crippen LogP contribution in [0.2, 0.25) is 0 Å². The van der Waals surface area contributed by atoms with Gasteiger partial charge in [0.2, 0.25) is 0 Å². The summed E-state index contributed by atoms with van der Waals surface area (Å²) in [5.74, 6) is -1.31. The van der Waals surface area contributed by atoms with Crippen LogP contribution in [0.3, 0.4) is 0 Å². The standard InChI is InChI=1S/C7H7NO4/c1-2-12-7(11)8-5(9)3-4-6(8)10/h3-4H,2H2,1H3. The number of carbonyl (C=O) groups is 3. The van der Waals surface area contributed by atoms with Gasteiger partial charge in [0.1, 0.15) is 0 Å². The molecule has 1 rings (SSSR count). The lowest BCUT2D eigenvalue weighted by Gasteiger charge is -2.09. The zero-order valence-corrected chi connectivity index (χ0v) is 6.44. The van der Waals surface area contributed by atoms with Gasteiger partial charge in [-0.05, 0) is 6.92 Å². The summed E-state index contributed by atoms with van der Waals surface area (Å²) in [4.78, 5) is 33.0. The molecule has 1 heterocycles. The van der Waals surface area contributed by atoms with Crippen molar-refractivity contribution in [2.24, 2.45) is 0 Å². The molecule has 0 bridgehead atoms. The number of nitrogens with zero attached hydrogens (tertiary/aromatic N) is 1. The summed E-state index contributed by atoms with van der Waals surface area (Å²) in [7, 11) is 0. The Balaban J connectivity index is 2.70. The third-order valence-corrected chi connectivity index (χ3v) is 1.26. The number of hydrogen-bond acceptors (Lipinski definition) is 4. The summed E-state index contributed by atoms with van der Waals surface area (Å²) in [6.45, 7) is 1.73. The van der Waals surface area contributed by atoms with Crippen molar-refractivity contribution in [2.45, 2.75) is 6.92 Å². The maximum atomic E-state index is 10.9. The third-order valence-electron chi connectivity index (χ3n) is 1.26. The molecule has 3 amide bonds. The maximum Gasteiger partial charge on any atom is 0.424 e. The number of amides is 3. The monoisotopic (exact) mass is 169 g/mol. The van der Waals surface area contributed by atoms with E-state index in [-0.39, 0.29) is 6.61 Å². The van der Waals surface area contributed by atoms with E-state index in [1.807, 2.05) is 0 Å². The van der Waals surface area contributed by atoms with Gasteiger partial charge in [0.05, 0.1) is 6.61 Å². The second-order valence-electron chi connectivity index (χ2n) is 2.04. The largest absolute Gasteiger partial charge is 0.449 e. The van der Waals surface area contributed by atoms with Gasteiger partial charge in [-0.3, -0.25) is 9.59 Å². The first-order valence-electron chi connectivity index (χ1n) is 3.39. The van der Waals surface area contributed by atoms with Crippen molar-refractivity contribution in [2.75, 3.05) is 6.61 Å². The van der Waals surface area contributed by atoms with Gasteiger partial charge in [-0.1, -0.05) is 0 Å². The van der Waals surface area contributed by atoms with Crippen LogP contribution in [0.4, 0.5) is 4.79 Å². The molecule has 0 aliphatic carbocycles. The number of carbonyl (C=O) groups excluding carboxylic acids is 3. The smallest absolute Gasteiger partial charge is 0.424 e. The summed E-state index contributed by atoms with van der Waals surface area (Å²) >= 11 is 0. The minimum atomic E-state index is -0.919. The van der Waals surface area contributed by atoms with E-state index in [4.69, 9.17) is 0 Å². The van der Waals surface area contributed by atoms with Gasteiger partial charge < -0.3 is 4.74 Å². The Morgan fingerprint density at radius 1 is 1.42 bits per heavy atom. The van der Waals surface area contributed by atoms with Crippen molar-refractivity contribution in [3.8, 4) is 0 Å². The number of ether oxygens (including phenoxy) is 1. The molecule has 0 aromatic rings. The molecule has 0 aromatic carbocycles. The quantitative estimate of drug-likeness (QED) is 0.521. The molecule has 0 spiro atoms. The average Bonchev–Trinajstić information content (AvgIpc) is 2.32. The van der Waals surface area contributed by atoms with Crippen LogP contribution in [-0.4, -0.2) is 29.4 Å². The molecule has 0 fully saturated rings. The fourth-order valence-electron chi connectivity index (χ4n) is 0.768. The lowest BCUT2D eigenvalue weighted by atomic mass is 10.6. The highest BCUT2D eigenvalue weighted by atomic mass is 16.6. The number of hydrogen-bond donors (Lipinski definition) is 0. The van der Waals surface area contributed by atoms with Crippen LogP contribution < -0.4 is 0 Å². The van der Waals surface area contributed by atoms with Crippen molar-refractivity contribution in [3.63, 3.8) is 0 Å². The first-order chi connectivity index (χ1) is 5.66. The fourth-order valence-corrected chi connectivity index (χ4v) is 0.768. The molecule has 0 saturated carbocycles. The van der Waals surface area contributed by atoms with Crippen LogP contribution in [-0.2, 0) is 14.3 Å². The molecule has 0 N–H and O–H groups in total. The normalized spacial score (nSPS) is 15.6. The van der Waals surface area contributed by atoms with Gasteiger partial charge in [-0.25, -0.2) is 4.79 Å². The predicted molar refractivity (Wildman–Crippen MR) is 38.0 cm³/mol. The summed E-state index contributed by atoms with van der Waals surface area (Å²) in [6, 6.07) is 0. The molecular weight excluding hydrogens is 162 g/mol. The molecule has 1 aliphatic rings. The van der Waals surface area contributed by atoms with E-state index in [1.165, 1.54) is 0 Å². The van der Waals surface area contributed by atoms with Gasteiger partial charge in [0.25, 0.3) is 11.8 Å². The van der Waals surface area contributed by atoms with Gasteiger partial charge in [-0.15, -0.1) is 0 Å². The molecule has 0 atom stereocenters. The van der Waals surface area contributed by atoms with Crippen LogP contribution in [0.25, 0.3) is 0 Å². The van der Waals surface area contributed by atoms with E-state index in [0.717, 1.165) is 12.2 Å². The second-order valence-corrected chi connectivity index (χ2v) is 2.04. The summed E-state index contributed by atoms with van der Waals surface area (Å²) in [5.41, 5.74) is 0. The Hall–Kier alpha value is -1.65. The molecule has 0 radical (unpaired) electrons. The van der Waals surface area contributed by atoms with Crippen LogP contribution >= 0.6 is 0 Å². The van der Waals surface area contributed by atoms with Gasteiger partial charge in [0, 0.05) is 12.2 Å². The highest BCUT2D eigenvalue weighted by Crippen LogP contribution is 2.05. The first kappa shape index (κ1) is 8.45. The van der Waals surface area contributed by atoms with Crippen molar-refractivity contribution < 1.29 is 19.1 Å². The maximum absolute atomic E-state index is 10.9. The molecule has 0 unspecified atom stereocenters. The highest BCUT2D eigenvalue weighted by molar-refractivity contribution is 6.21. The Bertz CT molecular complexity index is 251. The Labute approximate surface area is 68.6 Å². The molecule has 0 aromatic heterocycles. The van der Waals surface area contributed by atoms with Crippen LogP contribution in [0.5, 0.6) is 0 Å². The first-order valence-corrected chi connectivity index (χ1v) is 3.39. The molecule has 12 heavy (non-hydrogen) atoms. The van der Waals surface area contributed by atoms with Crippen molar-refractivity contribution >= 4 is 17.9 Å². The zero-order valence-electron chi connectivity index (χ0n) is 6.44. The van der Waals surface area contributed by atoms with Gasteiger partial charge in [-0.2, -0.15) is 4.90 Å². The average molecular weight is 169 g/mol. The van der Waals surface area contributed by atoms with Crippen molar-refractivity contribution in [1.29, 1.82) is 0 Å². The van der Waals surface area contributed by atoms with Crippen molar-refractivity contribution in [3.05, 3.63) is 12.2 Å². The highest BCUT2D eigenvalue weighted by Gasteiger charge is 2.30. The SMILES string of the molecule is CCOC(=O)N1C(=O)C=CC1=O. The molecule has 5 heteroatoms. The molecule has 5 nitrogen and oxygen atoms in total. The Kier molecular flexibility index (Phi) is 2.23. The third kappa shape index (κ3) is 1.34.